The summed E-state index contributed by atoms with van der Waals surface area (Å²) in [4.78, 5) is 14.4. The highest BCUT2D eigenvalue weighted by atomic mass is 32.2. The summed E-state index contributed by atoms with van der Waals surface area (Å²) < 4.78 is 0. The van der Waals surface area contributed by atoms with Crippen molar-refractivity contribution in [3.05, 3.63) is 85.2 Å². The SMILES string of the molecule is Oc1ccccc1-c1ccnc(-c2cccc(Sc3ccccn3)c2)n1. The van der Waals surface area contributed by atoms with Gasteiger partial charge < -0.3 is 5.11 Å². The molecule has 0 aliphatic heterocycles. The van der Waals surface area contributed by atoms with Crippen molar-refractivity contribution >= 4 is 11.8 Å². The zero-order valence-corrected chi connectivity index (χ0v) is 14.6. The molecule has 0 aliphatic carbocycles. The van der Waals surface area contributed by atoms with Gasteiger partial charge in [-0.2, -0.15) is 0 Å². The van der Waals surface area contributed by atoms with Gasteiger partial charge in [0.25, 0.3) is 0 Å². The van der Waals surface area contributed by atoms with Crippen LogP contribution < -0.4 is 0 Å². The molecule has 4 nitrogen and oxygen atoms in total. The predicted octanol–water partition coefficient (Wildman–Crippen LogP) is 5.06. The van der Waals surface area contributed by atoms with Crippen LogP contribution in [-0.2, 0) is 0 Å². The topological polar surface area (TPSA) is 58.9 Å². The van der Waals surface area contributed by atoms with Gasteiger partial charge in [-0.3, -0.25) is 0 Å². The van der Waals surface area contributed by atoms with E-state index in [0.717, 1.165) is 15.5 Å². The fraction of sp³-hybridized carbons (Fsp3) is 0. The Bertz CT molecular complexity index is 1040. The molecule has 126 valence electrons. The third-order valence-electron chi connectivity index (χ3n) is 3.79. The molecule has 4 rings (SSSR count). The number of pyridine rings is 1. The Labute approximate surface area is 155 Å². The van der Waals surface area contributed by atoms with Crippen LogP contribution in [-0.4, -0.2) is 20.1 Å². The summed E-state index contributed by atoms with van der Waals surface area (Å²) in [6.07, 6.45) is 3.49. The molecule has 2 heterocycles. The summed E-state index contributed by atoms with van der Waals surface area (Å²) in [6.45, 7) is 0. The van der Waals surface area contributed by atoms with Gasteiger partial charge in [-0.05, 0) is 42.5 Å². The molecule has 5 heteroatoms. The zero-order valence-electron chi connectivity index (χ0n) is 13.8. The first-order chi connectivity index (χ1) is 12.8. The lowest BCUT2D eigenvalue weighted by atomic mass is 10.1. The Morgan fingerprint density at radius 3 is 2.50 bits per heavy atom. The maximum absolute atomic E-state index is 10.1. The number of nitrogens with zero attached hydrogens (tertiary/aromatic N) is 3. The quantitative estimate of drug-likeness (QED) is 0.553. The van der Waals surface area contributed by atoms with Crippen molar-refractivity contribution in [2.24, 2.45) is 0 Å². The van der Waals surface area contributed by atoms with Gasteiger partial charge in [0.2, 0.25) is 0 Å². The van der Waals surface area contributed by atoms with Crippen LogP contribution in [0.2, 0.25) is 0 Å². The average molecular weight is 357 g/mol. The van der Waals surface area contributed by atoms with Crippen molar-refractivity contribution in [3.8, 4) is 28.4 Å². The number of hydrogen-bond acceptors (Lipinski definition) is 5. The van der Waals surface area contributed by atoms with Gasteiger partial charge >= 0.3 is 0 Å². The molecule has 0 bridgehead atoms. The average Bonchev–Trinajstić information content (AvgIpc) is 2.69. The first-order valence-corrected chi connectivity index (χ1v) is 8.92. The minimum atomic E-state index is 0.205. The third kappa shape index (κ3) is 3.58. The zero-order chi connectivity index (χ0) is 17.8. The highest BCUT2D eigenvalue weighted by molar-refractivity contribution is 7.99. The minimum absolute atomic E-state index is 0.205. The third-order valence-corrected chi connectivity index (χ3v) is 4.73. The summed E-state index contributed by atoms with van der Waals surface area (Å²) in [5.74, 6) is 0.825. The largest absolute Gasteiger partial charge is 0.507 e. The van der Waals surface area contributed by atoms with Crippen molar-refractivity contribution in [1.29, 1.82) is 0 Å². The Morgan fingerprint density at radius 2 is 1.65 bits per heavy atom. The van der Waals surface area contributed by atoms with Crippen molar-refractivity contribution in [2.45, 2.75) is 9.92 Å². The van der Waals surface area contributed by atoms with Crippen LogP contribution in [0, 0.1) is 0 Å². The number of aromatic hydroxyl groups is 1. The monoisotopic (exact) mass is 357 g/mol. The van der Waals surface area contributed by atoms with Crippen LogP contribution in [0.1, 0.15) is 0 Å². The van der Waals surface area contributed by atoms with E-state index in [-0.39, 0.29) is 5.75 Å². The molecule has 0 fully saturated rings. The van der Waals surface area contributed by atoms with Crippen molar-refractivity contribution in [2.75, 3.05) is 0 Å². The summed E-state index contributed by atoms with van der Waals surface area (Å²) in [7, 11) is 0. The molecule has 0 saturated heterocycles. The first kappa shape index (κ1) is 16.3. The summed E-state index contributed by atoms with van der Waals surface area (Å²) >= 11 is 1.59. The normalized spacial score (nSPS) is 10.6. The molecule has 0 radical (unpaired) electrons. The Balaban J connectivity index is 1.67. The molecule has 0 unspecified atom stereocenters. The second-order valence-electron chi connectivity index (χ2n) is 5.58. The Kier molecular flexibility index (Phi) is 4.62. The minimum Gasteiger partial charge on any atom is -0.507 e. The molecule has 1 N–H and O–H groups in total. The van der Waals surface area contributed by atoms with Gasteiger partial charge in [-0.15, -0.1) is 0 Å². The second kappa shape index (κ2) is 7.37. The fourth-order valence-electron chi connectivity index (χ4n) is 2.56. The van der Waals surface area contributed by atoms with Crippen LogP contribution >= 0.6 is 11.8 Å². The Morgan fingerprint density at radius 1 is 0.769 bits per heavy atom. The summed E-state index contributed by atoms with van der Waals surface area (Å²) in [5.41, 5.74) is 2.30. The van der Waals surface area contributed by atoms with E-state index in [0.29, 0.717) is 17.1 Å². The molecule has 2 aromatic heterocycles. The van der Waals surface area contributed by atoms with Crippen molar-refractivity contribution < 1.29 is 5.11 Å². The number of hydrogen-bond donors (Lipinski definition) is 1. The maximum Gasteiger partial charge on any atom is 0.159 e. The summed E-state index contributed by atoms with van der Waals surface area (Å²) in [6, 6.07) is 22.9. The smallest absolute Gasteiger partial charge is 0.159 e. The predicted molar refractivity (Wildman–Crippen MR) is 103 cm³/mol. The van der Waals surface area contributed by atoms with E-state index < -0.39 is 0 Å². The van der Waals surface area contributed by atoms with E-state index in [1.807, 2.05) is 54.6 Å². The lowest BCUT2D eigenvalue weighted by molar-refractivity contribution is 0.477. The van der Waals surface area contributed by atoms with E-state index >= 15 is 0 Å². The molecule has 0 aliphatic rings. The number of phenolic OH excluding ortho intramolecular Hbond substituents is 1. The molecule has 0 saturated carbocycles. The second-order valence-corrected chi connectivity index (χ2v) is 6.67. The lowest BCUT2D eigenvalue weighted by Gasteiger charge is -2.07. The molecule has 0 spiro atoms. The van der Waals surface area contributed by atoms with E-state index in [1.54, 1.807) is 42.4 Å². The van der Waals surface area contributed by atoms with Crippen molar-refractivity contribution in [3.63, 3.8) is 0 Å². The van der Waals surface area contributed by atoms with Gasteiger partial charge in [0.15, 0.2) is 5.82 Å². The van der Waals surface area contributed by atoms with E-state index in [4.69, 9.17) is 0 Å². The first-order valence-electron chi connectivity index (χ1n) is 8.10. The number of benzene rings is 2. The van der Waals surface area contributed by atoms with Gasteiger partial charge in [0, 0.05) is 28.4 Å². The number of phenols is 1. The maximum atomic E-state index is 10.1. The van der Waals surface area contributed by atoms with Gasteiger partial charge in [0.05, 0.1) is 5.69 Å². The molecule has 0 amide bonds. The molecule has 0 atom stereocenters. The molecule has 4 aromatic rings. The Hall–Kier alpha value is -3.18. The van der Waals surface area contributed by atoms with E-state index in [2.05, 4.69) is 15.0 Å². The number of rotatable bonds is 4. The number of aromatic nitrogens is 3. The van der Waals surface area contributed by atoms with E-state index in [9.17, 15) is 5.11 Å². The molecule has 26 heavy (non-hydrogen) atoms. The van der Waals surface area contributed by atoms with Crippen molar-refractivity contribution in [1.82, 2.24) is 15.0 Å². The van der Waals surface area contributed by atoms with Gasteiger partial charge in [-0.1, -0.05) is 42.1 Å². The van der Waals surface area contributed by atoms with E-state index in [1.165, 1.54) is 0 Å². The van der Waals surface area contributed by atoms with Crippen LogP contribution in [0.25, 0.3) is 22.6 Å². The van der Waals surface area contributed by atoms with Crippen LogP contribution in [0.15, 0.2) is 95.1 Å². The highest BCUT2D eigenvalue weighted by Crippen LogP contribution is 2.31. The van der Waals surface area contributed by atoms with Gasteiger partial charge in [0.1, 0.15) is 10.8 Å². The molecular formula is C21H15N3OS. The van der Waals surface area contributed by atoms with Crippen LogP contribution in [0.3, 0.4) is 0 Å². The standard InChI is InChI=1S/C21H15N3OS/c25-19-9-2-1-8-17(19)18-11-13-23-21(24-18)15-6-5-7-16(14-15)26-20-10-3-4-12-22-20/h1-14,25H. The lowest BCUT2D eigenvalue weighted by Crippen LogP contribution is -1.92. The summed E-state index contributed by atoms with van der Waals surface area (Å²) in [5, 5.41) is 11.0. The number of para-hydroxylation sites is 1. The fourth-order valence-corrected chi connectivity index (χ4v) is 3.40. The highest BCUT2D eigenvalue weighted by Gasteiger charge is 2.09. The van der Waals surface area contributed by atoms with Crippen LogP contribution in [0.4, 0.5) is 0 Å². The van der Waals surface area contributed by atoms with Crippen LogP contribution in [0.5, 0.6) is 5.75 Å². The molecular weight excluding hydrogens is 342 g/mol. The van der Waals surface area contributed by atoms with Gasteiger partial charge in [-0.25, -0.2) is 15.0 Å². The molecule has 2 aromatic carbocycles.